The van der Waals surface area contributed by atoms with Gasteiger partial charge < -0.3 is 4.90 Å². The molecule has 2 aliphatic heterocycles. The fourth-order valence-electron chi connectivity index (χ4n) is 5.49. The molecule has 1 aromatic rings. The standard InChI is InChI=1S/C24H37N3O/c1-18(2)25(3)24(28)21-9-6-12-27(17-21)22-10-13-26(14-11-22)23-15-19-7-4-5-8-20(19)16-23/h4-5,7-8,18,21-23H,6,9-17H2,1-3H3/t21-/m1/s1. The maximum absolute atomic E-state index is 12.8. The molecule has 0 unspecified atom stereocenters. The van der Waals surface area contributed by atoms with Crippen molar-refractivity contribution in [3.63, 3.8) is 0 Å². The van der Waals surface area contributed by atoms with Crippen LogP contribution in [-0.4, -0.2) is 72.0 Å². The summed E-state index contributed by atoms with van der Waals surface area (Å²) in [5, 5.41) is 0. The molecule has 1 atom stereocenters. The van der Waals surface area contributed by atoms with Gasteiger partial charge in [0.05, 0.1) is 5.92 Å². The SMILES string of the molecule is CC(C)N(C)C(=O)[C@@H]1CCCN(C2CCN(C3Cc4ccccc4C3)CC2)C1. The maximum Gasteiger partial charge on any atom is 0.226 e. The second-order valence-corrected chi connectivity index (χ2v) is 9.47. The van der Waals surface area contributed by atoms with Gasteiger partial charge in [0, 0.05) is 31.7 Å². The van der Waals surface area contributed by atoms with Crippen LogP contribution < -0.4 is 0 Å². The van der Waals surface area contributed by atoms with Crippen LogP contribution >= 0.6 is 0 Å². The molecular weight excluding hydrogens is 346 g/mol. The number of amides is 1. The fourth-order valence-corrected chi connectivity index (χ4v) is 5.49. The van der Waals surface area contributed by atoms with Crippen molar-refractivity contribution in [2.45, 2.75) is 70.5 Å². The van der Waals surface area contributed by atoms with Crippen molar-refractivity contribution in [1.29, 1.82) is 0 Å². The highest BCUT2D eigenvalue weighted by Gasteiger charge is 2.35. The molecule has 1 aliphatic carbocycles. The molecule has 0 spiro atoms. The van der Waals surface area contributed by atoms with E-state index in [1.807, 2.05) is 11.9 Å². The van der Waals surface area contributed by atoms with Gasteiger partial charge in [-0.15, -0.1) is 0 Å². The first-order valence-corrected chi connectivity index (χ1v) is 11.3. The Balaban J connectivity index is 1.29. The highest BCUT2D eigenvalue weighted by atomic mass is 16.2. The van der Waals surface area contributed by atoms with Crippen LogP contribution in [0.4, 0.5) is 0 Å². The molecule has 0 N–H and O–H groups in total. The Morgan fingerprint density at radius 2 is 1.61 bits per heavy atom. The Kier molecular flexibility index (Phi) is 6.07. The van der Waals surface area contributed by atoms with Gasteiger partial charge in [-0.1, -0.05) is 24.3 Å². The summed E-state index contributed by atoms with van der Waals surface area (Å²) in [6.45, 7) is 8.78. The van der Waals surface area contributed by atoms with Crippen molar-refractivity contribution in [2.75, 3.05) is 33.2 Å². The van der Waals surface area contributed by atoms with Crippen LogP contribution in [0, 0.1) is 5.92 Å². The van der Waals surface area contributed by atoms with Gasteiger partial charge >= 0.3 is 0 Å². The number of carbonyl (C=O) groups is 1. The normalized spacial score (nSPS) is 25.2. The number of carbonyl (C=O) groups excluding carboxylic acids is 1. The largest absolute Gasteiger partial charge is 0.343 e. The van der Waals surface area contributed by atoms with Gasteiger partial charge in [-0.2, -0.15) is 0 Å². The molecule has 28 heavy (non-hydrogen) atoms. The first-order valence-electron chi connectivity index (χ1n) is 11.3. The number of fused-ring (bicyclic) bond motifs is 1. The topological polar surface area (TPSA) is 26.8 Å². The highest BCUT2D eigenvalue weighted by Crippen LogP contribution is 2.30. The Labute approximate surface area is 170 Å². The Bertz CT molecular complexity index is 655. The summed E-state index contributed by atoms with van der Waals surface area (Å²) < 4.78 is 0. The Hall–Kier alpha value is -1.39. The maximum atomic E-state index is 12.8. The minimum absolute atomic E-state index is 0.198. The zero-order valence-electron chi connectivity index (χ0n) is 17.9. The second-order valence-electron chi connectivity index (χ2n) is 9.47. The lowest BCUT2D eigenvalue weighted by molar-refractivity contribution is -0.138. The van der Waals surface area contributed by atoms with Crippen molar-refractivity contribution in [3.05, 3.63) is 35.4 Å². The lowest BCUT2D eigenvalue weighted by Crippen LogP contribution is -2.52. The number of benzene rings is 1. The molecule has 1 aromatic carbocycles. The molecule has 2 saturated heterocycles. The number of rotatable bonds is 4. The van der Waals surface area contributed by atoms with Gasteiger partial charge in [-0.05, 0) is 83.1 Å². The predicted octanol–water partition coefficient (Wildman–Crippen LogP) is 3.20. The minimum Gasteiger partial charge on any atom is -0.343 e. The highest BCUT2D eigenvalue weighted by molar-refractivity contribution is 5.79. The molecule has 4 nitrogen and oxygen atoms in total. The van der Waals surface area contributed by atoms with Crippen LogP contribution in [-0.2, 0) is 17.6 Å². The van der Waals surface area contributed by atoms with Crippen LogP contribution in [0.5, 0.6) is 0 Å². The molecule has 3 aliphatic rings. The summed E-state index contributed by atoms with van der Waals surface area (Å²) >= 11 is 0. The number of hydrogen-bond acceptors (Lipinski definition) is 3. The zero-order valence-corrected chi connectivity index (χ0v) is 17.9. The second kappa shape index (κ2) is 8.54. The van der Waals surface area contributed by atoms with E-state index < -0.39 is 0 Å². The third-order valence-electron chi connectivity index (χ3n) is 7.49. The van der Waals surface area contributed by atoms with E-state index in [0.717, 1.165) is 13.0 Å². The van der Waals surface area contributed by atoms with E-state index in [9.17, 15) is 4.79 Å². The molecule has 0 saturated carbocycles. The van der Waals surface area contributed by atoms with Gasteiger partial charge in [0.2, 0.25) is 5.91 Å². The van der Waals surface area contributed by atoms with Crippen LogP contribution in [0.1, 0.15) is 50.7 Å². The average molecular weight is 384 g/mol. The molecule has 1 amide bonds. The summed E-state index contributed by atoms with van der Waals surface area (Å²) in [5.41, 5.74) is 3.11. The minimum atomic E-state index is 0.198. The molecule has 0 aromatic heterocycles. The third kappa shape index (κ3) is 4.13. The number of piperidine rings is 2. The van der Waals surface area contributed by atoms with E-state index >= 15 is 0 Å². The summed E-state index contributed by atoms with van der Waals surface area (Å²) in [6, 6.07) is 10.6. The van der Waals surface area contributed by atoms with Gasteiger partial charge in [0.15, 0.2) is 0 Å². The first-order chi connectivity index (χ1) is 13.5. The average Bonchev–Trinajstić information content (AvgIpc) is 3.17. The van der Waals surface area contributed by atoms with E-state index in [-0.39, 0.29) is 5.92 Å². The smallest absolute Gasteiger partial charge is 0.226 e. The number of hydrogen-bond donors (Lipinski definition) is 0. The molecule has 2 heterocycles. The van der Waals surface area contributed by atoms with Crippen LogP contribution in [0.25, 0.3) is 0 Å². The summed E-state index contributed by atoms with van der Waals surface area (Å²) in [7, 11) is 1.96. The van der Waals surface area contributed by atoms with E-state index in [4.69, 9.17) is 0 Å². The van der Waals surface area contributed by atoms with E-state index in [0.29, 0.717) is 24.0 Å². The van der Waals surface area contributed by atoms with E-state index in [1.165, 1.54) is 51.7 Å². The molecule has 154 valence electrons. The zero-order chi connectivity index (χ0) is 19.7. The van der Waals surface area contributed by atoms with E-state index in [1.54, 1.807) is 11.1 Å². The van der Waals surface area contributed by atoms with Gasteiger partial charge in [0.1, 0.15) is 0 Å². The van der Waals surface area contributed by atoms with Gasteiger partial charge in [-0.25, -0.2) is 0 Å². The van der Waals surface area contributed by atoms with Crippen molar-refractivity contribution < 1.29 is 4.79 Å². The quantitative estimate of drug-likeness (QED) is 0.799. The van der Waals surface area contributed by atoms with E-state index in [2.05, 4.69) is 47.9 Å². The van der Waals surface area contributed by atoms with Crippen molar-refractivity contribution >= 4 is 5.91 Å². The van der Waals surface area contributed by atoms with Gasteiger partial charge in [0.25, 0.3) is 0 Å². The molecule has 4 rings (SSSR count). The van der Waals surface area contributed by atoms with Crippen LogP contribution in [0.2, 0.25) is 0 Å². The Morgan fingerprint density at radius 1 is 0.964 bits per heavy atom. The molecule has 2 fully saturated rings. The van der Waals surface area contributed by atoms with Crippen molar-refractivity contribution in [2.24, 2.45) is 5.92 Å². The summed E-state index contributed by atoms with van der Waals surface area (Å²) in [4.78, 5) is 20.1. The number of nitrogens with zero attached hydrogens (tertiary/aromatic N) is 3. The predicted molar refractivity (Wildman–Crippen MR) is 114 cm³/mol. The lowest BCUT2D eigenvalue weighted by Gasteiger charge is -2.44. The first kappa shape index (κ1) is 19.9. The van der Waals surface area contributed by atoms with Crippen molar-refractivity contribution in [3.8, 4) is 0 Å². The molecule has 0 radical (unpaired) electrons. The molecule has 4 heteroatoms. The third-order valence-corrected chi connectivity index (χ3v) is 7.49. The van der Waals surface area contributed by atoms with Gasteiger partial charge in [-0.3, -0.25) is 14.6 Å². The molecule has 0 bridgehead atoms. The van der Waals surface area contributed by atoms with Crippen LogP contribution in [0.15, 0.2) is 24.3 Å². The lowest BCUT2D eigenvalue weighted by atomic mass is 9.92. The molecular formula is C24H37N3O. The summed E-state index contributed by atoms with van der Waals surface area (Å²) in [6.07, 6.45) is 7.19. The summed E-state index contributed by atoms with van der Waals surface area (Å²) in [5.74, 6) is 0.546. The Morgan fingerprint density at radius 3 is 2.21 bits per heavy atom. The fraction of sp³-hybridized carbons (Fsp3) is 0.708. The number of likely N-dealkylation sites (tertiary alicyclic amines) is 2. The van der Waals surface area contributed by atoms with Crippen molar-refractivity contribution in [1.82, 2.24) is 14.7 Å². The monoisotopic (exact) mass is 383 g/mol. The van der Waals surface area contributed by atoms with Crippen LogP contribution in [0.3, 0.4) is 0 Å².